The summed E-state index contributed by atoms with van der Waals surface area (Å²) in [7, 11) is 0. The molecule has 4 rings (SSSR count). The first kappa shape index (κ1) is 33.6. The molecule has 1 heterocycles. The van der Waals surface area contributed by atoms with Crippen molar-refractivity contribution >= 4 is 73.0 Å². The minimum atomic E-state index is -0.645. The number of carbonyl (C=O) groups excluding carboxylic acids is 2. The van der Waals surface area contributed by atoms with Crippen molar-refractivity contribution in [2.45, 2.75) is 26.5 Å². The monoisotopic (exact) mass is 759 g/mol. The molecule has 0 saturated heterocycles. The van der Waals surface area contributed by atoms with Crippen LogP contribution in [0.25, 0.3) is 0 Å². The molecule has 0 unspecified atom stereocenters. The van der Waals surface area contributed by atoms with Crippen molar-refractivity contribution in [3.63, 3.8) is 0 Å². The van der Waals surface area contributed by atoms with Gasteiger partial charge in [-0.25, -0.2) is 10.2 Å². The molecule has 15 heteroatoms. The number of non-ortho nitro benzene ring substituents is 1. The molecule has 3 N–H and O–H groups in total. The number of nitrogens with one attached hydrogen (secondary N) is 3. The van der Waals surface area contributed by atoms with Crippen molar-refractivity contribution in [1.82, 2.24) is 16.1 Å². The highest BCUT2D eigenvalue weighted by molar-refractivity contribution is 9.11. The van der Waals surface area contributed by atoms with Gasteiger partial charge in [-0.1, -0.05) is 18.2 Å². The van der Waals surface area contributed by atoms with Crippen LogP contribution < -0.4 is 25.5 Å². The van der Waals surface area contributed by atoms with Crippen molar-refractivity contribution in [3.05, 3.63) is 108 Å². The predicted molar refractivity (Wildman–Crippen MR) is 178 cm³/mol. The van der Waals surface area contributed by atoms with Crippen molar-refractivity contribution in [2.75, 3.05) is 13.2 Å². The molecule has 234 valence electrons. The Labute approximate surface area is 280 Å². The summed E-state index contributed by atoms with van der Waals surface area (Å²) in [6.45, 7) is 3.53. The number of hydrogen-bond acceptors (Lipinski definition) is 9. The van der Waals surface area contributed by atoms with Gasteiger partial charge in [0.05, 0.1) is 38.3 Å². The number of nitro benzene ring substituents is 1. The molecule has 0 bridgehead atoms. The lowest BCUT2D eigenvalue weighted by Crippen LogP contribution is -2.45. The van der Waals surface area contributed by atoms with Gasteiger partial charge >= 0.3 is 5.97 Å². The van der Waals surface area contributed by atoms with Crippen LogP contribution in [0.3, 0.4) is 0 Å². The fourth-order valence-corrected chi connectivity index (χ4v) is 5.99. The van der Waals surface area contributed by atoms with Crippen molar-refractivity contribution in [3.8, 4) is 11.5 Å². The number of halogens is 2. The van der Waals surface area contributed by atoms with Crippen LogP contribution in [0.2, 0.25) is 0 Å². The highest BCUT2D eigenvalue weighted by Crippen LogP contribution is 2.35. The van der Waals surface area contributed by atoms with Crippen LogP contribution >= 0.6 is 44.1 Å². The lowest BCUT2D eigenvalue weighted by atomic mass is 9.95. The largest absolute Gasteiger partial charge is 0.487 e. The second kappa shape index (κ2) is 15.6. The average molecular weight is 761 g/mol. The molecule has 1 amide bonds. The van der Waals surface area contributed by atoms with Gasteiger partial charge in [0.15, 0.2) is 11.7 Å². The molecule has 0 aliphatic carbocycles. The van der Waals surface area contributed by atoms with Crippen LogP contribution in [0, 0.1) is 10.1 Å². The molecule has 3 aromatic rings. The van der Waals surface area contributed by atoms with Crippen molar-refractivity contribution in [1.29, 1.82) is 0 Å². The second-order valence-electron chi connectivity index (χ2n) is 9.44. The van der Waals surface area contributed by atoms with Gasteiger partial charge in [-0.05, 0) is 99.4 Å². The normalized spacial score (nSPS) is 14.4. The summed E-state index contributed by atoms with van der Waals surface area (Å²) in [5.41, 5.74) is 5.38. The van der Waals surface area contributed by atoms with E-state index in [4.69, 9.17) is 26.4 Å². The topological polar surface area (TPSA) is 153 Å². The zero-order valence-corrected chi connectivity index (χ0v) is 28.0. The molecule has 3 aromatic carbocycles. The van der Waals surface area contributed by atoms with Crippen LogP contribution in [-0.2, 0) is 20.9 Å². The van der Waals surface area contributed by atoms with E-state index in [2.05, 4.69) is 53.0 Å². The smallest absolute Gasteiger partial charge is 0.338 e. The number of nitrogens with zero attached hydrogens (tertiary/aromatic N) is 2. The van der Waals surface area contributed by atoms with Gasteiger partial charge in [0.1, 0.15) is 18.1 Å². The van der Waals surface area contributed by atoms with E-state index >= 15 is 0 Å². The summed E-state index contributed by atoms with van der Waals surface area (Å²) in [6, 6.07) is 16.0. The fraction of sp³-hybridized carbons (Fsp3) is 0.200. The molecule has 0 saturated carbocycles. The van der Waals surface area contributed by atoms with Crippen molar-refractivity contribution < 1.29 is 28.7 Å². The van der Waals surface area contributed by atoms with E-state index in [1.807, 2.05) is 0 Å². The SMILES string of the molecule is CCOC(=O)C1=C(C)NC(=S)N[C@@H]1c1ccccc1OCC(=O)NN=Cc1cc(Br)c(OCc2ccc([N+](=O)[O-])cc2)c(Br)c1. The molecule has 0 radical (unpaired) electrons. The number of amides is 1. The maximum atomic E-state index is 12.7. The Bertz CT molecular complexity index is 1660. The van der Waals surface area contributed by atoms with Gasteiger partial charge in [0, 0.05) is 23.4 Å². The molecular weight excluding hydrogens is 734 g/mol. The van der Waals surface area contributed by atoms with Crippen LogP contribution in [0.1, 0.15) is 36.6 Å². The molecule has 0 aromatic heterocycles. The van der Waals surface area contributed by atoms with Gasteiger partial charge < -0.3 is 24.8 Å². The highest BCUT2D eigenvalue weighted by atomic mass is 79.9. The lowest BCUT2D eigenvalue weighted by molar-refractivity contribution is -0.384. The Morgan fingerprint density at radius 3 is 2.47 bits per heavy atom. The predicted octanol–water partition coefficient (Wildman–Crippen LogP) is 5.58. The van der Waals surface area contributed by atoms with Crippen LogP contribution in [0.15, 0.2) is 86.0 Å². The lowest BCUT2D eigenvalue weighted by Gasteiger charge is -2.30. The van der Waals surface area contributed by atoms with E-state index in [0.29, 0.717) is 48.0 Å². The number of carbonyl (C=O) groups is 2. The summed E-state index contributed by atoms with van der Waals surface area (Å²) in [6.07, 6.45) is 1.46. The van der Waals surface area contributed by atoms with Gasteiger partial charge in [-0.2, -0.15) is 5.10 Å². The third kappa shape index (κ3) is 8.86. The zero-order valence-electron chi connectivity index (χ0n) is 24.0. The first-order chi connectivity index (χ1) is 21.6. The minimum Gasteiger partial charge on any atom is -0.487 e. The number of hydrogen-bond donors (Lipinski definition) is 3. The van der Waals surface area contributed by atoms with E-state index in [1.54, 1.807) is 62.4 Å². The van der Waals surface area contributed by atoms with Gasteiger partial charge in [0.25, 0.3) is 11.6 Å². The minimum absolute atomic E-state index is 0.00462. The number of thiocarbonyl (C=S) groups is 1. The van der Waals surface area contributed by atoms with E-state index in [0.717, 1.165) is 5.56 Å². The van der Waals surface area contributed by atoms with Gasteiger partial charge in [-0.3, -0.25) is 14.9 Å². The number of hydrazone groups is 1. The molecule has 1 aliphatic rings. The molecule has 0 spiro atoms. The average Bonchev–Trinajstić information content (AvgIpc) is 2.99. The molecule has 1 aliphatic heterocycles. The number of nitro groups is 1. The van der Waals surface area contributed by atoms with Crippen molar-refractivity contribution in [2.24, 2.45) is 5.10 Å². The van der Waals surface area contributed by atoms with E-state index < -0.39 is 22.8 Å². The third-order valence-corrected chi connectivity index (χ3v) is 7.71. The Balaban J connectivity index is 1.36. The van der Waals surface area contributed by atoms with Gasteiger partial charge in [-0.15, -0.1) is 0 Å². The zero-order chi connectivity index (χ0) is 32.5. The number of esters is 1. The molecule has 0 fully saturated rings. The summed E-state index contributed by atoms with van der Waals surface area (Å²) in [5, 5.41) is 21.2. The maximum Gasteiger partial charge on any atom is 0.338 e. The number of allylic oxidation sites excluding steroid dienone is 1. The maximum absolute atomic E-state index is 12.7. The first-order valence-electron chi connectivity index (χ1n) is 13.4. The van der Waals surface area contributed by atoms with E-state index in [-0.39, 0.29) is 25.5 Å². The number of benzene rings is 3. The quantitative estimate of drug-likeness (QED) is 0.0701. The molecule has 45 heavy (non-hydrogen) atoms. The fourth-order valence-electron chi connectivity index (χ4n) is 4.27. The number of para-hydroxylation sites is 1. The van der Waals surface area contributed by atoms with Gasteiger partial charge in [0.2, 0.25) is 0 Å². The summed E-state index contributed by atoms with van der Waals surface area (Å²) in [5.74, 6) is -0.0903. The first-order valence-corrected chi connectivity index (χ1v) is 15.4. The molecule has 12 nitrogen and oxygen atoms in total. The van der Waals surface area contributed by atoms with Crippen LogP contribution in [0.5, 0.6) is 11.5 Å². The Hall–Kier alpha value is -4.34. The van der Waals surface area contributed by atoms with Crippen LogP contribution in [0.4, 0.5) is 5.69 Å². The van der Waals surface area contributed by atoms with Crippen LogP contribution in [-0.4, -0.2) is 41.3 Å². The number of rotatable bonds is 12. The summed E-state index contributed by atoms with van der Waals surface area (Å²) < 4.78 is 18.2. The third-order valence-electron chi connectivity index (χ3n) is 6.31. The van der Waals surface area contributed by atoms with E-state index in [9.17, 15) is 19.7 Å². The Kier molecular flexibility index (Phi) is 11.6. The second-order valence-corrected chi connectivity index (χ2v) is 11.6. The number of ether oxygens (including phenoxy) is 3. The Morgan fingerprint density at radius 1 is 1.11 bits per heavy atom. The standard InChI is InChI=1S/C30H27Br2N5O7S/c1-3-42-29(39)26-17(2)34-30(45)35-27(26)21-6-4-5-7-24(21)43-16-25(38)36-33-14-19-12-22(31)28(23(32)13-19)44-15-18-8-10-20(11-9-18)37(40)41/h4-14,27H,3,15-16H2,1-2H3,(H,36,38)(H2,34,35,45)/t27-/m1/s1. The molecule has 1 atom stereocenters. The molecular formula is C30H27Br2N5O7S. The Morgan fingerprint density at radius 2 is 1.80 bits per heavy atom. The highest BCUT2D eigenvalue weighted by Gasteiger charge is 2.32. The summed E-state index contributed by atoms with van der Waals surface area (Å²) >= 11 is 12.3. The summed E-state index contributed by atoms with van der Waals surface area (Å²) in [4.78, 5) is 35.7. The van der Waals surface area contributed by atoms with E-state index in [1.165, 1.54) is 18.3 Å².